The highest BCUT2D eigenvalue weighted by Gasteiger charge is 2.45. The topological polar surface area (TPSA) is 80.0 Å². The van der Waals surface area contributed by atoms with Gasteiger partial charge in [0.2, 0.25) is 5.95 Å². The van der Waals surface area contributed by atoms with Crippen LogP contribution in [0.2, 0.25) is 0 Å². The summed E-state index contributed by atoms with van der Waals surface area (Å²) in [4.78, 5) is 27.0. The van der Waals surface area contributed by atoms with Gasteiger partial charge in [0.25, 0.3) is 5.91 Å². The maximum absolute atomic E-state index is 13.5. The average molecular weight is 403 g/mol. The number of anilines is 1. The van der Waals surface area contributed by atoms with Gasteiger partial charge in [-0.05, 0) is 44.9 Å². The molecule has 1 amide bonds. The van der Waals surface area contributed by atoms with Crippen molar-refractivity contribution in [3.8, 4) is 5.69 Å². The van der Waals surface area contributed by atoms with E-state index in [1.807, 2.05) is 49.9 Å². The molecule has 5 rings (SSSR count). The molecule has 2 fully saturated rings. The minimum Gasteiger partial charge on any atom is -0.336 e. The Labute approximate surface area is 175 Å². The number of nitrogens with zero attached hydrogens (tertiary/aromatic N) is 7. The summed E-state index contributed by atoms with van der Waals surface area (Å²) in [6, 6.07) is 8.05. The summed E-state index contributed by atoms with van der Waals surface area (Å²) in [6.07, 6.45) is 4.40. The molecule has 2 unspecified atom stereocenters. The molecule has 3 aromatic rings. The van der Waals surface area contributed by atoms with E-state index in [-0.39, 0.29) is 11.9 Å². The second-order valence-electron chi connectivity index (χ2n) is 8.29. The molecule has 2 atom stereocenters. The number of fused-ring (bicyclic) bond motifs is 1. The zero-order valence-corrected chi connectivity index (χ0v) is 17.5. The number of carbonyl (C=O) groups is 1. The number of aromatic nitrogens is 5. The molecular formula is C22H25N7O. The molecule has 2 aliphatic rings. The van der Waals surface area contributed by atoms with Crippen LogP contribution < -0.4 is 4.90 Å². The number of hydrogen-bond acceptors (Lipinski definition) is 6. The van der Waals surface area contributed by atoms with E-state index in [1.165, 1.54) is 0 Å². The molecule has 0 aliphatic carbocycles. The lowest BCUT2D eigenvalue weighted by Crippen LogP contribution is -2.65. The number of benzene rings is 1. The Balaban J connectivity index is 1.40. The predicted octanol–water partition coefficient (Wildman–Crippen LogP) is 2.33. The van der Waals surface area contributed by atoms with Crippen molar-refractivity contribution in [2.45, 2.75) is 33.2 Å². The van der Waals surface area contributed by atoms with Crippen molar-refractivity contribution in [2.24, 2.45) is 5.92 Å². The van der Waals surface area contributed by atoms with Gasteiger partial charge in [-0.1, -0.05) is 17.3 Å². The highest BCUT2D eigenvalue weighted by molar-refractivity contribution is 5.98. The van der Waals surface area contributed by atoms with E-state index in [4.69, 9.17) is 0 Å². The van der Waals surface area contributed by atoms with E-state index >= 15 is 0 Å². The number of carbonyl (C=O) groups excluding carboxylic acids is 1. The summed E-state index contributed by atoms with van der Waals surface area (Å²) < 4.78 is 1.67. The third-order valence-electron chi connectivity index (χ3n) is 6.19. The molecule has 0 bridgehead atoms. The van der Waals surface area contributed by atoms with Crippen LogP contribution in [0, 0.1) is 26.7 Å². The van der Waals surface area contributed by atoms with Crippen LogP contribution in [-0.4, -0.2) is 61.4 Å². The largest absolute Gasteiger partial charge is 0.336 e. The second-order valence-corrected chi connectivity index (χ2v) is 8.29. The van der Waals surface area contributed by atoms with Crippen LogP contribution in [0.25, 0.3) is 5.69 Å². The smallest absolute Gasteiger partial charge is 0.256 e. The fourth-order valence-corrected chi connectivity index (χ4v) is 4.68. The Morgan fingerprint density at radius 3 is 2.63 bits per heavy atom. The van der Waals surface area contributed by atoms with Crippen molar-refractivity contribution < 1.29 is 4.79 Å². The Bertz CT molecular complexity index is 1070. The van der Waals surface area contributed by atoms with E-state index in [0.717, 1.165) is 48.1 Å². The van der Waals surface area contributed by atoms with Crippen LogP contribution in [0.15, 0.2) is 36.7 Å². The van der Waals surface area contributed by atoms with E-state index in [1.54, 1.807) is 17.1 Å². The third kappa shape index (κ3) is 3.12. The number of amides is 1. The molecular weight excluding hydrogens is 378 g/mol. The standard InChI is InChI=1S/C22H25N7O/c1-14-5-4-6-18(20(14)29-10-8-23-26-29)21(30)27-9-7-17-12-28(19(17)13-27)22-24-15(2)11-16(3)25-22/h4-6,8,10-11,17,19H,7,9,12-13H2,1-3H3. The zero-order valence-electron chi connectivity index (χ0n) is 17.5. The maximum atomic E-state index is 13.5. The summed E-state index contributed by atoms with van der Waals surface area (Å²) in [6.45, 7) is 8.40. The second kappa shape index (κ2) is 7.19. The summed E-state index contributed by atoms with van der Waals surface area (Å²) in [5.41, 5.74) is 4.40. The van der Waals surface area contributed by atoms with E-state index in [0.29, 0.717) is 18.0 Å². The molecule has 0 saturated carbocycles. The fourth-order valence-electron chi connectivity index (χ4n) is 4.68. The number of rotatable bonds is 3. The third-order valence-corrected chi connectivity index (χ3v) is 6.19. The Kier molecular flexibility index (Phi) is 4.49. The van der Waals surface area contributed by atoms with Gasteiger partial charge in [-0.25, -0.2) is 14.6 Å². The van der Waals surface area contributed by atoms with Crippen molar-refractivity contribution in [2.75, 3.05) is 24.5 Å². The molecule has 2 saturated heterocycles. The van der Waals surface area contributed by atoms with Crippen molar-refractivity contribution in [3.05, 3.63) is 59.2 Å². The first-order chi connectivity index (χ1) is 14.5. The van der Waals surface area contributed by atoms with Gasteiger partial charge in [-0.15, -0.1) is 5.10 Å². The van der Waals surface area contributed by atoms with Gasteiger partial charge in [0.1, 0.15) is 0 Å². The lowest BCUT2D eigenvalue weighted by Gasteiger charge is -2.53. The van der Waals surface area contributed by atoms with Gasteiger partial charge in [0.05, 0.1) is 29.7 Å². The normalized spacial score (nSPS) is 20.6. The zero-order chi connectivity index (χ0) is 20.8. The van der Waals surface area contributed by atoms with Crippen LogP contribution >= 0.6 is 0 Å². The Morgan fingerprint density at radius 2 is 1.90 bits per heavy atom. The van der Waals surface area contributed by atoms with Gasteiger partial charge in [0, 0.05) is 36.9 Å². The van der Waals surface area contributed by atoms with Crippen molar-refractivity contribution in [3.63, 3.8) is 0 Å². The average Bonchev–Trinajstić information content (AvgIpc) is 3.22. The summed E-state index contributed by atoms with van der Waals surface area (Å²) in [5, 5.41) is 8.02. The van der Waals surface area contributed by atoms with Gasteiger partial charge in [-0.2, -0.15) is 0 Å². The molecule has 2 aliphatic heterocycles. The molecule has 30 heavy (non-hydrogen) atoms. The Hall–Kier alpha value is -3.29. The molecule has 2 aromatic heterocycles. The lowest BCUT2D eigenvalue weighted by atomic mass is 9.82. The first-order valence-electron chi connectivity index (χ1n) is 10.4. The number of para-hydroxylation sites is 1. The van der Waals surface area contributed by atoms with Crippen LogP contribution in [0.3, 0.4) is 0 Å². The SMILES string of the molecule is Cc1cc(C)nc(N2CC3CCN(C(=O)c4cccc(C)c4-n4ccnn4)CC32)n1. The monoisotopic (exact) mass is 403 g/mol. The first kappa shape index (κ1) is 18.7. The van der Waals surface area contributed by atoms with Crippen LogP contribution in [0.5, 0.6) is 0 Å². The highest BCUT2D eigenvalue weighted by atomic mass is 16.2. The van der Waals surface area contributed by atoms with E-state index in [2.05, 4.69) is 25.2 Å². The molecule has 8 nitrogen and oxygen atoms in total. The lowest BCUT2D eigenvalue weighted by molar-refractivity contribution is 0.0589. The molecule has 1 aromatic carbocycles. The van der Waals surface area contributed by atoms with E-state index < -0.39 is 0 Å². The summed E-state index contributed by atoms with van der Waals surface area (Å²) in [7, 11) is 0. The molecule has 4 heterocycles. The number of likely N-dealkylation sites (tertiary alicyclic amines) is 1. The minimum absolute atomic E-state index is 0.0378. The van der Waals surface area contributed by atoms with Gasteiger partial charge in [0.15, 0.2) is 0 Å². The Morgan fingerprint density at radius 1 is 1.10 bits per heavy atom. The molecule has 8 heteroatoms. The number of piperidine rings is 1. The molecule has 0 radical (unpaired) electrons. The van der Waals surface area contributed by atoms with Gasteiger partial charge < -0.3 is 9.80 Å². The molecule has 0 spiro atoms. The van der Waals surface area contributed by atoms with E-state index in [9.17, 15) is 4.79 Å². The first-order valence-corrected chi connectivity index (χ1v) is 10.4. The van der Waals surface area contributed by atoms with Crippen molar-refractivity contribution in [1.29, 1.82) is 0 Å². The minimum atomic E-state index is 0.0378. The number of aryl methyl sites for hydroxylation is 3. The summed E-state index contributed by atoms with van der Waals surface area (Å²) in [5.74, 6) is 1.41. The molecule has 0 N–H and O–H groups in total. The molecule has 154 valence electrons. The van der Waals surface area contributed by atoms with Gasteiger partial charge >= 0.3 is 0 Å². The van der Waals surface area contributed by atoms with Gasteiger partial charge in [-0.3, -0.25) is 4.79 Å². The van der Waals surface area contributed by atoms with Crippen LogP contribution in [-0.2, 0) is 0 Å². The quantitative estimate of drug-likeness (QED) is 0.668. The predicted molar refractivity (Wildman–Crippen MR) is 113 cm³/mol. The van der Waals surface area contributed by atoms with Crippen LogP contribution in [0.4, 0.5) is 5.95 Å². The number of hydrogen-bond donors (Lipinski definition) is 0. The van der Waals surface area contributed by atoms with Crippen LogP contribution in [0.1, 0.15) is 33.7 Å². The summed E-state index contributed by atoms with van der Waals surface area (Å²) >= 11 is 0. The highest BCUT2D eigenvalue weighted by Crippen LogP contribution is 2.36. The van der Waals surface area contributed by atoms with Crippen molar-refractivity contribution >= 4 is 11.9 Å². The maximum Gasteiger partial charge on any atom is 0.256 e. The fraction of sp³-hybridized carbons (Fsp3) is 0.409. The van der Waals surface area contributed by atoms with Crippen molar-refractivity contribution in [1.82, 2.24) is 29.9 Å².